The second kappa shape index (κ2) is 19.3. The standard InChI is InChI=1S/C45H48N6O4/c1-4-7-25-51-43-39(23-15-24-46-43)40(35-19-14-22-38(30-35)55-27-16-26-54-31-32-17-10-8-11-18-32)42(44(51)52)48-45(53)47-41-33(5-2)28-37(29-34(41)6-3)50-49-36-20-12-9-13-21-36/h8-15,17-24,28-30H,4-7,16,25-27,31H2,1-3H3,(H2,47,48,53). The third kappa shape index (κ3) is 9.90. The Morgan fingerprint density at radius 2 is 1.45 bits per heavy atom. The summed E-state index contributed by atoms with van der Waals surface area (Å²) in [5.74, 6) is 0.646. The van der Waals surface area contributed by atoms with Crippen molar-refractivity contribution < 1.29 is 14.3 Å². The van der Waals surface area contributed by atoms with Crippen LogP contribution >= 0.6 is 0 Å². The van der Waals surface area contributed by atoms with Crippen LogP contribution in [0.15, 0.2) is 130 Å². The first-order chi connectivity index (χ1) is 27.0. The minimum atomic E-state index is -0.519. The van der Waals surface area contributed by atoms with Crippen molar-refractivity contribution in [2.75, 3.05) is 23.8 Å². The number of anilines is 2. The quantitative estimate of drug-likeness (QED) is 0.0713. The van der Waals surface area contributed by atoms with Crippen LogP contribution in [0.2, 0.25) is 0 Å². The molecular weight excluding hydrogens is 689 g/mol. The summed E-state index contributed by atoms with van der Waals surface area (Å²) >= 11 is 0. The van der Waals surface area contributed by atoms with Crippen LogP contribution in [0.1, 0.15) is 56.7 Å². The van der Waals surface area contributed by atoms with Crippen molar-refractivity contribution in [2.24, 2.45) is 10.2 Å². The van der Waals surface area contributed by atoms with Gasteiger partial charge in [0.15, 0.2) is 0 Å². The molecule has 0 aliphatic rings. The first-order valence-electron chi connectivity index (χ1n) is 19.1. The number of amides is 2. The van der Waals surface area contributed by atoms with Gasteiger partial charge in [0.1, 0.15) is 17.1 Å². The molecule has 0 aliphatic heterocycles. The Hall–Kier alpha value is -6.13. The minimum absolute atomic E-state index is 0.171. The molecule has 0 fully saturated rings. The van der Waals surface area contributed by atoms with Crippen LogP contribution < -0.4 is 20.9 Å². The molecule has 0 bridgehead atoms. The number of nitrogens with zero attached hydrogens (tertiary/aromatic N) is 4. The van der Waals surface area contributed by atoms with Crippen LogP contribution in [0.5, 0.6) is 5.75 Å². The molecule has 0 spiro atoms. The number of unbranched alkanes of at least 4 members (excludes halogenated alkanes) is 1. The normalized spacial score (nSPS) is 11.3. The van der Waals surface area contributed by atoms with E-state index in [1.54, 1.807) is 10.8 Å². The number of rotatable bonds is 17. The van der Waals surface area contributed by atoms with E-state index in [1.807, 2.05) is 123 Å². The number of nitrogens with one attached hydrogen (secondary N) is 2. The number of hydrogen-bond acceptors (Lipinski definition) is 7. The molecule has 0 aliphatic carbocycles. The number of aromatic nitrogens is 2. The molecule has 2 heterocycles. The Morgan fingerprint density at radius 1 is 0.745 bits per heavy atom. The van der Waals surface area contributed by atoms with Gasteiger partial charge in [-0.15, -0.1) is 0 Å². The molecule has 4 aromatic carbocycles. The maximum atomic E-state index is 14.4. The van der Waals surface area contributed by atoms with Crippen LogP contribution in [-0.4, -0.2) is 28.8 Å². The van der Waals surface area contributed by atoms with Gasteiger partial charge in [0.05, 0.1) is 31.2 Å². The van der Waals surface area contributed by atoms with Gasteiger partial charge in [0.2, 0.25) is 0 Å². The summed E-state index contributed by atoms with van der Waals surface area (Å²) in [6.45, 7) is 8.17. The summed E-state index contributed by atoms with van der Waals surface area (Å²) in [4.78, 5) is 33.1. The van der Waals surface area contributed by atoms with E-state index < -0.39 is 6.03 Å². The van der Waals surface area contributed by atoms with Gasteiger partial charge >= 0.3 is 6.03 Å². The molecule has 6 aromatic rings. The van der Waals surface area contributed by atoms with Gasteiger partial charge in [0, 0.05) is 35.8 Å². The van der Waals surface area contributed by atoms with Crippen LogP contribution in [-0.2, 0) is 30.7 Å². The van der Waals surface area contributed by atoms with Crippen LogP contribution in [0, 0.1) is 0 Å². The van der Waals surface area contributed by atoms with Crippen molar-refractivity contribution in [3.8, 4) is 16.9 Å². The zero-order chi connectivity index (χ0) is 38.4. The van der Waals surface area contributed by atoms with E-state index in [0.29, 0.717) is 74.0 Å². The Balaban J connectivity index is 1.28. The van der Waals surface area contributed by atoms with Crippen LogP contribution in [0.3, 0.4) is 0 Å². The maximum Gasteiger partial charge on any atom is 0.323 e. The summed E-state index contributed by atoms with van der Waals surface area (Å²) in [6, 6.07) is 34.4. The van der Waals surface area contributed by atoms with Crippen molar-refractivity contribution in [1.29, 1.82) is 0 Å². The molecule has 10 nitrogen and oxygen atoms in total. The number of urea groups is 1. The summed E-state index contributed by atoms with van der Waals surface area (Å²) in [7, 11) is 0. The predicted octanol–water partition coefficient (Wildman–Crippen LogP) is 11.0. The smallest absolute Gasteiger partial charge is 0.323 e. The highest BCUT2D eigenvalue weighted by Crippen LogP contribution is 2.36. The number of pyridine rings is 2. The van der Waals surface area contributed by atoms with Gasteiger partial charge in [-0.1, -0.05) is 87.9 Å². The van der Waals surface area contributed by atoms with E-state index in [2.05, 4.69) is 32.8 Å². The Labute approximate surface area is 322 Å². The zero-order valence-electron chi connectivity index (χ0n) is 31.8. The second-order valence-electron chi connectivity index (χ2n) is 13.2. The lowest BCUT2D eigenvalue weighted by Crippen LogP contribution is -2.30. The second-order valence-corrected chi connectivity index (χ2v) is 13.2. The molecule has 0 saturated carbocycles. The number of benzene rings is 4. The van der Waals surface area contributed by atoms with Crippen molar-refractivity contribution in [3.63, 3.8) is 0 Å². The summed E-state index contributed by atoms with van der Waals surface area (Å²) in [5.41, 5.74) is 6.82. The van der Waals surface area contributed by atoms with Crippen molar-refractivity contribution >= 4 is 39.8 Å². The summed E-state index contributed by atoms with van der Waals surface area (Å²) in [5, 5.41) is 15.7. The van der Waals surface area contributed by atoms with E-state index in [0.717, 1.165) is 46.2 Å². The largest absolute Gasteiger partial charge is 0.493 e. The Bertz CT molecular complexity index is 2260. The van der Waals surface area contributed by atoms with Gasteiger partial charge < -0.3 is 20.1 Å². The number of ether oxygens (including phenoxy) is 2. The molecule has 282 valence electrons. The zero-order valence-corrected chi connectivity index (χ0v) is 31.8. The number of carbonyl (C=O) groups excluding carboxylic acids is 1. The van der Waals surface area contributed by atoms with Gasteiger partial charge in [-0.2, -0.15) is 10.2 Å². The highest BCUT2D eigenvalue weighted by molar-refractivity contribution is 6.08. The third-order valence-corrected chi connectivity index (χ3v) is 9.25. The molecule has 10 heteroatoms. The Morgan fingerprint density at radius 3 is 2.18 bits per heavy atom. The predicted molar refractivity (Wildman–Crippen MR) is 221 cm³/mol. The SMILES string of the molecule is CCCCn1c(=O)c(NC(=O)Nc2c(CC)cc(N=Nc3ccccc3)cc2CC)c(-c2cccc(OCCCOCc3ccccc3)c2)c2cccnc21. The summed E-state index contributed by atoms with van der Waals surface area (Å²) < 4.78 is 13.6. The monoisotopic (exact) mass is 736 g/mol. The van der Waals surface area contributed by atoms with Gasteiger partial charge in [-0.25, -0.2) is 9.78 Å². The molecule has 2 amide bonds. The first kappa shape index (κ1) is 38.6. The molecule has 0 unspecified atom stereocenters. The topological polar surface area (TPSA) is 119 Å². The van der Waals surface area contributed by atoms with Gasteiger partial charge in [-0.05, 0) is 90.0 Å². The third-order valence-electron chi connectivity index (χ3n) is 9.25. The molecule has 2 N–H and O–H groups in total. The first-order valence-corrected chi connectivity index (χ1v) is 19.1. The van der Waals surface area contributed by atoms with Crippen molar-refractivity contribution in [1.82, 2.24) is 9.55 Å². The Kier molecular flexibility index (Phi) is 13.5. The molecule has 6 rings (SSSR count). The molecule has 55 heavy (non-hydrogen) atoms. The molecule has 0 saturated heterocycles. The highest BCUT2D eigenvalue weighted by Gasteiger charge is 2.22. The van der Waals surface area contributed by atoms with E-state index in [1.165, 1.54) is 0 Å². The average Bonchev–Trinajstić information content (AvgIpc) is 3.22. The average molecular weight is 737 g/mol. The van der Waals surface area contributed by atoms with Crippen molar-refractivity contribution in [3.05, 3.63) is 142 Å². The number of carbonyl (C=O) groups is 1. The van der Waals surface area contributed by atoms with Crippen LogP contribution in [0.4, 0.5) is 27.5 Å². The van der Waals surface area contributed by atoms with E-state index in [-0.39, 0.29) is 11.2 Å². The lowest BCUT2D eigenvalue weighted by atomic mass is 10.00. The maximum absolute atomic E-state index is 14.4. The van der Waals surface area contributed by atoms with Gasteiger partial charge in [0.25, 0.3) is 5.56 Å². The fourth-order valence-electron chi connectivity index (χ4n) is 6.47. The van der Waals surface area contributed by atoms with E-state index in [4.69, 9.17) is 9.47 Å². The van der Waals surface area contributed by atoms with E-state index >= 15 is 0 Å². The van der Waals surface area contributed by atoms with E-state index in [9.17, 15) is 9.59 Å². The number of aryl methyl sites for hydroxylation is 3. The molecule has 2 aromatic heterocycles. The number of fused-ring (bicyclic) bond motifs is 1. The fraction of sp³-hybridized carbons (Fsp3) is 0.267. The van der Waals surface area contributed by atoms with Gasteiger partial charge in [-0.3, -0.25) is 9.36 Å². The number of azo groups is 1. The minimum Gasteiger partial charge on any atom is -0.493 e. The lowest BCUT2D eigenvalue weighted by molar-refractivity contribution is 0.107. The highest BCUT2D eigenvalue weighted by atomic mass is 16.5. The number of hydrogen-bond donors (Lipinski definition) is 2. The van der Waals surface area contributed by atoms with Crippen LogP contribution in [0.25, 0.3) is 22.2 Å². The van der Waals surface area contributed by atoms with Crippen molar-refractivity contribution in [2.45, 2.75) is 66.0 Å². The molecular formula is C45H48N6O4. The fourth-order valence-corrected chi connectivity index (χ4v) is 6.47. The molecule has 0 radical (unpaired) electrons. The summed E-state index contributed by atoms with van der Waals surface area (Å²) in [6.07, 6.45) is 5.38. The lowest BCUT2D eigenvalue weighted by Gasteiger charge is -2.20. The molecule has 0 atom stereocenters.